The van der Waals surface area contributed by atoms with Gasteiger partial charge in [0.15, 0.2) is 5.90 Å². The van der Waals surface area contributed by atoms with Crippen molar-refractivity contribution < 1.29 is 4.74 Å². The van der Waals surface area contributed by atoms with Crippen LogP contribution in [0.5, 0.6) is 0 Å². The van der Waals surface area contributed by atoms with Crippen molar-refractivity contribution in [3.63, 3.8) is 0 Å². The lowest BCUT2D eigenvalue weighted by atomic mass is 10.5. The summed E-state index contributed by atoms with van der Waals surface area (Å²) >= 11 is 0. The third-order valence-corrected chi connectivity index (χ3v) is 0.907. The number of hydrogen-bond donors (Lipinski definition) is 0. The second kappa shape index (κ2) is 4.73. The maximum absolute atomic E-state index is 4.81. The lowest BCUT2D eigenvalue weighted by Gasteiger charge is -1.95. The molecule has 0 aliphatic carbocycles. The molecule has 0 bridgehead atoms. The maximum atomic E-state index is 4.81. The minimum Gasteiger partial charge on any atom is -0.484 e. The van der Waals surface area contributed by atoms with Gasteiger partial charge in [-0.1, -0.05) is 0 Å². The Bertz CT molecular complexity index is 170. The molecule has 0 aromatic carbocycles. The maximum Gasteiger partial charge on any atom is 0.184 e. The summed E-state index contributed by atoms with van der Waals surface area (Å²) in [5.74, 6) is 0.623. The fraction of sp³-hybridized carbons (Fsp3) is 0.429. The van der Waals surface area contributed by atoms with E-state index in [-0.39, 0.29) is 0 Å². The molecule has 0 rings (SSSR count). The average molecular weight is 140 g/mol. The number of ether oxygens (including phenoxy) is 1. The molecule has 0 aliphatic heterocycles. The van der Waals surface area contributed by atoms with Gasteiger partial charge in [-0.3, -0.25) is 4.99 Å². The van der Waals surface area contributed by atoms with Crippen molar-refractivity contribution in [1.29, 1.82) is 0 Å². The molecule has 0 saturated carbocycles. The predicted molar refractivity (Wildman–Crippen MR) is 43.4 cm³/mol. The van der Waals surface area contributed by atoms with Crippen molar-refractivity contribution in [2.75, 3.05) is 7.11 Å². The summed E-state index contributed by atoms with van der Waals surface area (Å²) in [5.41, 5.74) is 0.786. The highest BCUT2D eigenvalue weighted by Gasteiger charge is 1.85. The van der Waals surface area contributed by atoms with Crippen LogP contribution in [0.15, 0.2) is 21.9 Å². The van der Waals surface area contributed by atoms with E-state index in [9.17, 15) is 0 Å². The second-order valence-corrected chi connectivity index (χ2v) is 1.79. The molecule has 0 atom stereocenters. The van der Waals surface area contributed by atoms with Crippen molar-refractivity contribution in [3.05, 3.63) is 11.9 Å². The Morgan fingerprint density at radius 3 is 2.50 bits per heavy atom. The van der Waals surface area contributed by atoms with Crippen LogP contribution in [0.2, 0.25) is 0 Å². The van der Waals surface area contributed by atoms with Gasteiger partial charge in [0.2, 0.25) is 0 Å². The van der Waals surface area contributed by atoms with Gasteiger partial charge in [0.05, 0.1) is 12.8 Å². The third kappa shape index (κ3) is 3.83. The van der Waals surface area contributed by atoms with Crippen molar-refractivity contribution in [2.45, 2.75) is 13.8 Å². The van der Waals surface area contributed by atoms with Gasteiger partial charge >= 0.3 is 0 Å². The van der Waals surface area contributed by atoms with Crippen LogP contribution in [-0.4, -0.2) is 19.7 Å². The molecular weight excluding hydrogens is 128 g/mol. The van der Waals surface area contributed by atoms with E-state index in [1.807, 2.05) is 6.92 Å². The van der Waals surface area contributed by atoms with Crippen LogP contribution in [0, 0.1) is 0 Å². The van der Waals surface area contributed by atoms with Crippen LogP contribution < -0.4 is 0 Å². The predicted octanol–water partition coefficient (Wildman–Crippen LogP) is 1.61. The average Bonchev–Trinajstić information content (AvgIpc) is 1.88. The van der Waals surface area contributed by atoms with Crippen LogP contribution in [0.4, 0.5) is 0 Å². The molecule has 0 radical (unpaired) electrons. The van der Waals surface area contributed by atoms with Crippen molar-refractivity contribution >= 4 is 12.6 Å². The number of hydrogen-bond acceptors (Lipinski definition) is 3. The van der Waals surface area contributed by atoms with E-state index in [2.05, 4.69) is 16.7 Å². The van der Waals surface area contributed by atoms with E-state index < -0.39 is 0 Å². The highest BCUT2D eigenvalue weighted by Crippen LogP contribution is 1.95. The molecule has 0 unspecified atom stereocenters. The van der Waals surface area contributed by atoms with E-state index in [4.69, 9.17) is 4.74 Å². The summed E-state index contributed by atoms with van der Waals surface area (Å²) < 4.78 is 4.81. The minimum absolute atomic E-state index is 0.623. The Morgan fingerprint density at radius 2 is 2.10 bits per heavy atom. The van der Waals surface area contributed by atoms with Crippen LogP contribution in [0.3, 0.4) is 0 Å². The molecule has 0 saturated heterocycles. The van der Waals surface area contributed by atoms with Gasteiger partial charge in [-0.05, 0) is 13.6 Å². The third-order valence-electron chi connectivity index (χ3n) is 0.907. The van der Waals surface area contributed by atoms with E-state index >= 15 is 0 Å². The van der Waals surface area contributed by atoms with Crippen LogP contribution in [-0.2, 0) is 4.74 Å². The number of rotatable bonds is 2. The second-order valence-electron chi connectivity index (χ2n) is 1.79. The van der Waals surface area contributed by atoms with E-state index in [0.717, 1.165) is 5.70 Å². The molecular formula is C7H12N2O. The van der Waals surface area contributed by atoms with Gasteiger partial charge in [0, 0.05) is 13.1 Å². The van der Waals surface area contributed by atoms with Crippen LogP contribution >= 0.6 is 0 Å². The summed E-state index contributed by atoms with van der Waals surface area (Å²) in [7, 11) is 1.58. The number of aliphatic imine (C=N–C) groups is 2. The molecule has 0 fully saturated rings. The molecule has 56 valence electrons. The van der Waals surface area contributed by atoms with Gasteiger partial charge in [-0.15, -0.1) is 0 Å². The SMILES string of the molecule is C=N/C=C(C)\N=C(/C)OC. The van der Waals surface area contributed by atoms with Crippen molar-refractivity contribution in [1.82, 2.24) is 0 Å². The normalized spacial score (nSPS) is 13.1. The first-order valence-corrected chi connectivity index (χ1v) is 2.92. The quantitative estimate of drug-likeness (QED) is 0.424. The van der Waals surface area contributed by atoms with Crippen molar-refractivity contribution in [2.24, 2.45) is 9.98 Å². The van der Waals surface area contributed by atoms with E-state index in [0.29, 0.717) is 5.90 Å². The summed E-state index contributed by atoms with van der Waals surface area (Å²) in [6.45, 7) is 6.91. The first kappa shape index (κ1) is 8.88. The number of allylic oxidation sites excluding steroid dienone is 1. The summed E-state index contributed by atoms with van der Waals surface area (Å²) in [6.07, 6.45) is 1.57. The molecule has 0 spiro atoms. The van der Waals surface area contributed by atoms with Crippen molar-refractivity contribution in [3.8, 4) is 0 Å². The Hall–Kier alpha value is -1.12. The summed E-state index contributed by atoms with van der Waals surface area (Å²) in [5, 5.41) is 0. The minimum atomic E-state index is 0.623. The van der Waals surface area contributed by atoms with Gasteiger partial charge in [0.25, 0.3) is 0 Å². The van der Waals surface area contributed by atoms with Gasteiger partial charge in [-0.2, -0.15) is 0 Å². The molecule has 0 amide bonds. The number of methoxy groups -OCH3 is 1. The topological polar surface area (TPSA) is 34.0 Å². The van der Waals surface area contributed by atoms with Gasteiger partial charge in [-0.25, -0.2) is 4.99 Å². The molecule has 0 aromatic rings. The highest BCUT2D eigenvalue weighted by molar-refractivity contribution is 5.74. The molecule has 3 heteroatoms. The van der Waals surface area contributed by atoms with Crippen LogP contribution in [0.25, 0.3) is 0 Å². The lowest BCUT2D eigenvalue weighted by Crippen LogP contribution is -1.92. The number of nitrogens with zero attached hydrogens (tertiary/aromatic N) is 2. The zero-order valence-electron chi connectivity index (χ0n) is 6.59. The molecule has 3 nitrogen and oxygen atoms in total. The monoisotopic (exact) mass is 140 g/mol. The molecule has 0 heterocycles. The Morgan fingerprint density at radius 1 is 1.50 bits per heavy atom. The fourth-order valence-electron chi connectivity index (χ4n) is 0.455. The first-order valence-electron chi connectivity index (χ1n) is 2.92. The molecule has 0 aromatic heterocycles. The zero-order valence-corrected chi connectivity index (χ0v) is 6.59. The van der Waals surface area contributed by atoms with E-state index in [1.54, 1.807) is 20.2 Å². The standard InChI is InChI=1S/C7H12N2O/c1-6(5-8-3)9-7(2)10-4/h5H,3H2,1-2,4H3/b6-5-,9-7+. The van der Waals surface area contributed by atoms with E-state index in [1.165, 1.54) is 0 Å². The Balaban J connectivity index is 4.11. The fourth-order valence-corrected chi connectivity index (χ4v) is 0.455. The summed E-state index contributed by atoms with van der Waals surface area (Å²) in [4.78, 5) is 7.56. The first-order chi connectivity index (χ1) is 4.70. The Labute approximate surface area is 61.1 Å². The molecule has 0 N–H and O–H groups in total. The summed E-state index contributed by atoms with van der Waals surface area (Å²) in [6, 6.07) is 0. The zero-order chi connectivity index (χ0) is 7.98. The molecule has 0 aliphatic rings. The smallest absolute Gasteiger partial charge is 0.184 e. The van der Waals surface area contributed by atoms with Gasteiger partial charge < -0.3 is 4.74 Å². The lowest BCUT2D eigenvalue weighted by molar-refractivity contribution is 0.399. The van der Waals surface area contributed by atoms with Gasteiger partial charge in [0.1, 0.15) is 0 Å². The molecule has 10 heavy (non-hydrogen) atoms. The highest BCUT2D eigenvalue weighted by atomic mass is 16.5. The largest absolute Gasteiger partial charge is 0.484 e. The van der Waals surface area contributed by atoms with Crippen LogP contribution in [0.1, 0.15) is 13.8 Å². The Kier molecular flexibility index (Phi) is 4.20.